The number of carbonyl (C=O) groups excluding carboxylic acids is 1. The van der Waals surface area contributed by atoms with Crippen LogP contribution in [-0.4, -0.2) is 36.0 Å². The molecule has 4 nitrogen and oxygen atoms in total. The summed E-state index contributed by atoms with van der Waals surface area (Å²) in [4.78, 5) is 19.4. The van der Waals surface area contributed by atoms with E-state index in [0.717, 1.165) is 34.9 Å². The normalized spacial score (nSPS) is 16.8. The SMILES string of the molecule is COc1ccccc1-c1csc(C2CCCN(C(=O)c3cccc(F)c3)C2)n1. The zero-order chi connectivity index (χ0) is 19.5. The largest absolute Gasteiger partial charge is 0.496 e. The Morgan fingerprint density at radius 3 is 2.93 bits per heavy atom. The van der Waals surface area contributed by atoms with Crippen molar-refractivity contribution in [2.75, 3.05) is 20.2 Å². The molecule has 4 rings (SSSR count). The van der Waals surface area contributed by atoms with Crippen LogP contribution in [0.5, 0.6) is 5.75 Å². The zero-order valence-corrected chi connectivity index (χ0v) is 16.4. The number of aromatic nitrogens is 1. The van der Waals surface area contributed by atoms with E-state index in [0.29, 0.717) is 18.7 Å². The molecule has 1 aromatic heterocycles. The van der Waals surface area contributed by atoms with E-state index < -0.39 is 0 Å². The fourth-order valence-electron chi connectivity index (χ4n) is 3.62. The number of halogens is 1. The van der Waals surface area contributed by atoms with Gasteiger partial charge in [0.15, 0.2) is 0 Å². The van der Waals surface area contributed by atoms with E-state index in [1.807, 2.05) is 34.5 Å². The topological polar surface area (TPSA) is 42.4 Å². The minimum Gasteiger partial charge on any atom is -0.496 e. The summed E-state index contributed by atoms with van der Waals surface area (Å²) in [5.41, 5.74) is 2.26. The van der Waals surface area contributed by atoms with E-state index in [2.05, 4.69) is 0 Å². The van der Waals surface area contributed by atoms with Crippen molar-refractivity contribution in [1.82, 2.24) is 9.88 Å². The molecule has 0 saturated carbocycles. The van der Waals surface area contributed by atoms with Gasteiger partial charge in [-0.3, -0.25) is 4.79 Å². The van der Waals surface area contributed by atoms with Crippen LogP contribution in [0.3, 0.4) is 0 Å². The molecule has 0 bridgehead atoms. The Morgan fingerprint density at radius 1 is 1.25 bits per heavy atom. The molecule has 0 aliphatic carbocycles. The highest BCUT2D eigenvalue weighted by Crippen LogP contribution is 2.35. The molecule has 0 N–H and O–H groups in total. The Morgan fingerprint density at radius 2 is 2.11 bits per heavy atom. The average Bonchev–Trinajstić information content (AvgIpc) is 3.23. The van der Waals surface area contributed by atoms with Crippen molar-refractivity contribution in [2.24, 2.45) is 0 Å². The maximum Gasteiger partial charge on any atom is 0.253 e. The Balaban J connectivity index is 1.52. The molecule has 1 atom stereocenters. The lowest BCUT2D eigenvalue weighted by molar-refractivity contribution is 0.0706. The number of nitrogens with zero attached hydrogens (tertiary/aromatic N) is 2. The second-order valence-corrected chi connectivity index (χ2v) is 7.76. The van der Waals surface area contributed by atoms with E-state index in [1.165, 1.54) is 12.1 Å². The number of ether oxygens (including phenoxy) is 1. The first-order valence-electron chi connectivity index (χ1n) is 9.29. The molecule has 1 fully saturated rings. The highest BCUT2D eigenvalue weighted by molar-refractivity contribution is 7.10. The lowest BCUT2D eigenvalue weighted by atomic mass is 9.98. The minimum atomic E-state index is -0.388. The summed E-state index contributed by atoms with van der Waals surface area (Å²) in [7, 11) is 1.66. The number of hydrogen-bond donors (Lipinski definition) is 0. The number of piperidine rings is 1. The van der Waals surface area contributed by atoms with Crippen molar-refractivity contribution in [3.8, 4) is 17.0 Å². The zero-order valence-electron chi connectivity index (χ0n) is 15.6. The monoisotopic (exact) mass is 396 g/mol. The lowest BCUT2D eigenvalue weighted by Gasteiger charge is -2.32. The molecule has 144 valence electrons. The van der Waals surface area contributed by atoms with Crippen LogP contribution in [0.2, 0.25) is 0 Å². The number of hydrogen-bond acceptors (Lipinski definition) is 4. The van der Waals surface area contributed by atoms with Crippen LogP contribution < -0.4 is 4.74 Å². The third kappa shape index (κ3) is 3.78. The molecule has 1 unspecified atom stereocenters. The van der Waals surface area contributed by atoms with Gasteiger partial charge in [0.2, 0.25) is 0 Å². The molecule has 2 heterocycles. The van der Waals surface area contributed by atoms with Crippen LogP contribution in [0.1, 0.15) is 34.1 Å². The number of thiazole rings is 1. The van der Waals surface area contributed by atoms with E-state index in [-0.39, 0.29) is 17.6 Å². The molecule has 1 amide bonds. The summed E-state index contributed by atoms with van der Waals surface area (Å²) in [5.74, 6) is 0.483. The van der Waals surface area contributed by atoms with Crippen LogP contribution in [-0.2, 0) is 0 Å². The van der Waals surface area contributed by atoms with Crippen molar-refractivity contribution in [2.45, 2.75) is 18.8 Å². The standard InChI is InChI=1S/C22H21FN2O2S/c1-27-20-10-3-2-9-18(20)19-14-28-21(24-19)16-7-5-11-25(13-16)22(26)15-6-4-8-17(23)12-15/h2-4,6,8-10,12,14,16H,5,7,11,13H2,1H3. The van der Waals surface area contributed by atoms with E-state index >= 15 is 0 Å². The first-order valence-corrected chi connectivity index (χ1v) is 10.2. The predicted molar refractivity (Wildman–Crippen MR) is 108 cm³/mol. The van der Waals surface area contributed by atoms with Crippen LogP contribution in [0.25, 0.3) is 11.3 Å². The number of para-hydroxylation sites is 1. The molecule has 6 heteroatoms. The first-order chi connectivity index (χ1) is 13.7. The second-order valence-electron chi connectivity index (χ2n) is 6.87. The maximum absolute atomic E-state index is 13.5. The number of benzene rings is 2. The average molecular weight is 396 g/mol. The molecule has 0 radical (unpaired) electrons. The van der Waals surface area contributed by atoms with Crippen LogP contribution in [0.4, 0.5) is 4.39 Å². The van der Waals surface area contributed by atoms with E-state index in [9.17, 15) is 9.18 Å². The molecular weight excluding hydrogens is 375 g/mol. The Kier molecular flexibility index (Phi) is 5.39. The van der Waals surface area contributed by atoms with Crippen molar-refractivity contribution in [1.29, 1.82) is 0 Å². The molecule has 1 saturated heterocycles. The van der Waals surface area contributed by atoms with Crippen LogP contribution in [0, 0.1) is 5.82 Å². The van der Waals surface area contributed by atoms with Crippen molar-refractivity contribution >= 4 is 17.2 Å². The van der Waals surface area contributed by atoms with E-state index in [1.54, 1.807) is 30.6 Å². The quantitative estimate of drug-likeness (QED) is 0.625. The molecular formula is C22H21FN2O2S. The summed E-state index contributed by atoms with van der Waals surface area (Å²) in [5, 5.41) is 3.07. The number of rotatable bonds is 4. The van der Waals surface area contributed by atoms with Gasteiger partial charge in [-0.1, -0.05) is 18.2 Å². The smallest absolute Gasteiger partial charge is 0.253 e. The van der Waals surface area contributed by atoms with Crippen LogP contribution >= 0.6 is 11.3 Å². The van der Waals surface area contributed by atoms with Crippen LogP contribution in [0.15, 0.2) is 53.9 Å². The number of amides is 1. The maximum atomic E-state index is 13.5. The summed E-state index contributed by atoms with van der Waals surface area (Å²) in [6, 6.07) is 13.7. The fourth-order valence-corrected chi connectivity index (χ4v) is 4.57. The molecule has 2 aromatic carbocycles. The van der Waals surface area contributed by atoms with Gasteiger partial charge in [-0.25, -0.2) is 9.37 Å². The summed E-state index contributed by atoms with van der Waals surface area (Å²) in [6.45, 7) is 1.30. The van der Waals surface area contributed by atoms with Gasteiger partial charge < -0.3 is 9.64 Å². The first kappa shape index (κ1) is 18.6. The predicted octanol–water partition coefficient (Wildman–Crippen LogP) is 4.98. The van der Waals surface area contributed by atoms with Gasteiger partial charge in [0, 0.05) is 35.5 Å². The molecule has 28 heavy (non-hydrogen) atoms. The van der Waals surface area contributed by atoms with E-state index in [4.69, 9.17) is 9.72 Å². The van der Waals surface area contributed by atoms with Gasteiger partial charge in [0.05, 0.1) is 17.8 Å². The second kappa shape index (κ2) is 8.10. The van der Waals surface area contributed by atoms with Gasteiger partial charge in [-0.15, -0.1) is 11.3 Å². The summed E-state index contributed by atoms with van der Waals surface area (Å²) < 4.78 is 18.9. The van der Waals surface area contributed by atoms with Gasteiger partial charge in [-0.05, 0) is 43.2 Å². The van der Waals surface area contributed by atoms with Gasteiger partial charge in [-0.2, -0.15) is 0 Å². The minimum absolute atomic E-state index is 0.120. The Labute approximate surface area is 167 Å². The Bertz CT molecular complexity index is 988. The van der Waals surface area contributed by atoms with Gasteiger partial charge >= 0.3 is 0 Å². The van der Waals surface area contributed by atoms with Crippen molar-refractivity contribution < 1.29 is 13.9 Å². The Hall–Kier alpha value is -2.73. The lowest BCUT2D eigenvalue weighted by Crippen LogP contribution is -2.39. The molecule has 1 aliphatic heterocycles. The van der Waals surface area contributed by atoms with Crippen molar-refractivity contribution in [3.05, 3.63) is 70.3 Å². The molecule has 1 aliphatic rings. The number of carbonyl (C=O) groups is 1. The summed E-state index contributed by atoms with van der Waals surface area (Å²) in [6.07, 6.45) is 1.90. The van der Waals surface area contributed by atoms with Gasteiger partial charge in [0.25, 0.3) is 5.91 Å². The molecule has 0 spiro atoms. The molecule has 3 aromatic rings. The van der Waals surface area contributed by atoms with Gasteiger partial charge in [0.1, 0.15) is 11.6 Å². The fraction of sp³-hybridized carbons (Fsp3) is 0.273. The van der Waals surface area contributed by atoms with Crippen molar-refractivity contribution in [3.63, 3.8) is 0 Å². The third-order valence-corrected chi connectivity index (χ3v) is 6.04. The number of methoxy groups -OCH3 is 1. The third-order valence-electron chi connectivity index (χ3n) is 5.03. The summed E-state index contributed by atoms with van der Waals surface area (Å²) >= 11 is 1.62. The highest BCUT2D eigenvalue weighted by Gasteiger charge is 2.27. The highest BCUT2D eigenvalue weighted by atomic mass is 32.1. The number of likely N-dealkylation sites (tertiary alicyclic amines) is 1.